The Morgan fingerprint density at radius 2 is 2.30 bits per heavy atom. The predicted octanol–water partition coefficient (Wildman–Crippen LogP) is 3.27. The quantitative estimate of drug-likeness (QED) is 0.900. The summed E-state index contributed by atoms with van der Waals surface area (Å²) in [5.41, 5.74) is 0.747. The number of halogens is 1. The van der Waals surface area contributed by atoms with Crippen LogP contribution in [0.3, 0.4) is 0 Å². The number of hydrogen-bond donors (Lipinski definition) is 1. The molecule has 0 heterocycles. The molecule has 1 aromatic rings. The molecule has 0 aromatic heterocycles. The Labute approximate surface area is 118 Å². The first-order valence-electron chi connectivity index (χ1n) is 7.10. The SMILES string of the molecule is COC1CCCC(C(Cc2cccc(F)c2)C(=O)O)C1. The molecule has 3 unspecified atom stereocenters. The fourth-order valence-electron chi connectivity index (χ4n) is 3.13. The highest BCUT2D eigenvalue weighted by Gasteiger charge is 2.32. The molecule has 0 amide bonds. The van der Waals surface area contributed by atoms with Gasteiger partial charge in [0.1, 0.15) is 5.82 Å². The van der Waals surface area contributed by atoms with Crippen molar-refractivity contribution in [1.29, 1.82) is 0 Å². The molecule has 110 valence electrons. The van der Waals surface area contributed by atoms with Gasteiger partial charge < -0.3 is 9.84 Å². The van der Waals surface area contributed by atoms with Gasteiger partial charge in [0.05, 0.1) is 12.0 Å². The Kier molecular flexibility index (Phi) is 5.12. The zero-order valence-corrected chi connectivity index (χ0v) is 11.7. The normalized spacial score (nSPS) is 24.3. The minimum absolute atomic E-state index is 0.106. The number of rotatable bonds is 5. The van der Waals surface area contributed by atoms with E-state index in [1.54, 1.807) is 19.2 Å². The number of benzene rings is 1. The van der Waals surface area contributed by atoms with Gasteiger partial charge in [0.25, 0.3) is 0 Å². The average Bonchev–Trinajstić information content (AvgIpc) is 2.44. The van der Waals surface area contributed by atoms with Crippen LogP contribution >= 0.6 is 0 Å². The molecule has 1 aliphatic rings. The molecule has 0 radical (unpaired) electrons. The first-order chi connectivity index (χ1) is 9.60. The summed E-state index contributed by atoms with van der Waals surface area (Å²) in [4.78, 5) is 11.5. The molecule has 0 spiro atoms. The van der Waals surface area contributed by atoms with E-state index < -0.39 is 11.9 Å². The summed E-state index contributed by atoms with van der Waals surface area (Å²) in [6.07, 6.45) is 4.22. The lowest BCUT2D eigenvalue weighted by atomic mass is 9.76. The molecule has 0 aliphatic heterocycles. The summed E-state index contributed by atoms with van der Waals surface area (Å²) in [5.74, 6) is -1.47. The van der Waals surface area contributed by atoms with Gasteiger partial charge in [0.15, 0.2) is 0 Å². The Hall–Kier alpha value is -1.42. The first kappa shape index (κ1) is 15.0. The molecule has 4 heteroatoms. The van der Waals surface area contributed by atoms with Crippen LogP contribution in [-0.2, 0) is 16.0 Å². The largest absolute Gasteiger partial charge is 0.481 e. The zero-order chi connectivity index (χ0) is 14.5. The van der Waals surface area contributed by atoms with Gasteiger partial charge in [-0.3, -0.25) is 4.79 Å². The van der Waals surface area contributed by atoms with Crippen LogP contribution < -0.4 is 0 Å². The highest BCUT2D eigenvalue weighted by Crippen LogP contribution is 2.33. The highest BCUT2D eigenvalue weighted by atomic mass is 19.1. The molecular weight excluding hydrogens is 259 g/mol. The fraction of sp³-hybridized carbons (Fsp3) is 0.562. The predicted molar refractivity (Wildman–Crippen MR) is 74.0 cm³/mol. The lowest BCUT2D eigenvalue weighted by Gasteiger charge is -2.32. The number of carboxylic acid groups (broad SMARTS) is 1. The Morgan fingerprint density at radius 3 is 2.95 bits per heavy atom. The van der Waals surface area contributed by atoms with Gasteiger partial charge >= 0.3 is 5.97 Å². The van der Waals surface area contributed by atoms with Gasteiger partial charge in [-0.25, -0.2) is 4.39 Å². The van der Waals surface area contributed by atoms with Gasteiger partial charge in [0, 0.05) is 7.11 Å². The van der Waals surface area contributed by atoms with E-state index in [4.69, 9.17) is 4.74 Å². The van der Waals surface area contributed by atoms with Crippen molar-refractivity contribution in [3.63, 3.8) is 0 Å². The van der Waals surface area contributed by atoms with Crippen molar-refractivity contribution in [2.24, 2.45) is 11.8 Å². The second-order valence-corrected chi connectivity index (χ2v) is 5.56. The number of carbonyl (C=O) groups is 1. The summed E-state index contributed by atoms with van der Waals surface area (Å²) in [6, 6.07) is 6.21. The topological polar surface area (TPSA) is 46.5 Å². The van der Waals surface area contributed by atoms with Crippen molar-refractivity contribution in [3.05, 3.63) is 35.6 Å². The number of hydrogen-bond acceptors (Lipinski definition) is 2. The number of aliphatic carboxylic acids is 1. The molecule has 3 nitrogen and oxygen atoms in total. The molecule has 1 aromatic carbocycles. The van der Waals surface area contributed by atoms with E-state index in [0.717, 1.165) is 31.2 Å². The molecule has 1 N–H and O–H groups in total. The second-order valence-electron chi connectivity index (χ2n) is 5.56. The maximum absolute atomic E-state index is 13.2. The van der Waals surface area contributed by atoms with Crippen molar-refractivity contribution in [2.75, 3.05) is 7.11 Å². The minimum atomic E-state index is -0.795. The van der Waals surface area contributed by atoms with Crippen LogP contribution in [0.2, 0.25) is 0 Å². The van der Waals surface area contributed by atoms with Gasteiger partial charge in [0.2, 0.25) is 0 Å². The van der Waals surface area contributed by atoms with E-state index in [9.17, 15) is 14.3 Å². The van der Waals surface area contributed by atoms with Crippen LogP contribution in [0.4, 0.5) is 4.39 Å². The number of ether oxygens (including phenoxy) is 1. The van der Waals surface area contributed by atoms with Crippen molar-refractivity contribution in [3.8, 4) is 0 Å². The molecule has 3 atom stereocenters. The summed E-state index contributed by atoms with van der Waals surface area (Å²) in [6.45, 7) is 0. The smallest absolute Gasteiger partial charge is 0.307 e. The Balaban J connectivity index is 2.09. The highest BCUT2D eigenvalue weighted by molar-refractivity contribution is 5.70. The van der Waals surface area contributed by atoms with Crippen molar-refractivity contribution in [2.45, 2.75) is 38.2 Å². The average molecular weight is 280 g/mol. The lowest BCUT2D eigenvalue weighted by Crippen LogP contribution is -2.32. The van der Waals surface area contributed by atoms with Gasteiger partial charge in [-0.05, 0) is 49.3 Å². The van der Waals surface area contributed by atoms with E-state index in [0.29, 0.717) is 6.42 Å². The minimum Gasteiger partial charge on any atom is -0.481 e. The van der Waals surface area contributed by atoms with E-state index in [2.05, 4.69) is 0 Å². The maximum atomic E-state index is 13.2. The zero-order valence-electron chi connectivity index (χ0n) is 11.7. The van der Waals surface area contributed by atoms with Crippen molar-refractivity contribution < 1.29 is 19.0 Å². The monoisotopic (exact) mass is 280 g/mol. The molecule has 20 heavy (non-hydrogen) atoms. The van der Waals surface area contributed by atoms with Gasteiger partial charge in [-0.1, -0.05) is 18.6 Å². The third kappa shape index (κ3) is 3.79. The van der Waals surface area contributed by atoms with E-state index >= 15 is 0 Å². The van der Waals surface area contributed by atoms with E-state index in [1.807, 2.05) is 0 Å². The van der Waals surface area contributed by atoms with Crippen LogP contribution in [0.5, 0.6) is 0 Å². The van der Waals surface area contributed by atoms with Crippen LogP contribution in [-0.4, -0.2) is 24.3 Å². The third-order valence-corrected chi connectivity index (χ3v) is 4.23. The van der Waals surface area contributed by atoms with Crippen molar-refractivity contribution in [1.82, 2.24) is 0 Å². The molecule has 2 rings (SSSR count). The fourth-order valence-corrected chi connectivity index (χ4v) is 3.13. The molecule has 0 saturated heterocycles. The molecule has 0 bridgehead atoms. The van der Waals surface area contributed by atoms with Crippen molar-refractivity contribution >= 4 is 5.97 Å². The lowest BCUT2D eigenvalue weighted by molar-refractivity contribution is -0.144. The van der Waals surface area contributed by atoms with Crippen LogP contribution in [0.1, 0.15) is 31.2 Å². The second kappa shape index (κ2) is 6.84. The summed E-state index contributed by atoms with van der Waals surface area (Å²) < 4.78 is 18.6. The van der Waals surface area contributed by atoms with Crippen LogP contribution in [0.25, 0.3) is 0 Å². The molecule has 1 aliphatic carbocycles. The Bertz CT molecular complexity index is 461. The van der Waals surface area contributed by atoms with Crippen LogP contribution in [0.15, 0.2) is 24.3 Å². The molecule has 1 saturated carbocycles. The first-order valence-corrected chi connectivity index (χ1v) is 7.10. The van der Waals surface area contributed by atoms with E-state index in [-0.39, 0.29) is 17.8 Å². The van der Waals surface area contributed by atoms with Gasteiger partial charge in [-0.2, -0.15) is 0 Å². The van der Waals surface area contributed by atoms with E-state index in [1.165, 1.54) is 12.1 Å². The summed E-state index contributed by atoms with van der Waals surface area (Å²) in [5, 5.41) is 9.48. The van der Waals surface area contributed by atoms with Crippen LogP contribution in [0, 0.1) is 17.7 Å². The summed E-state index contributed by atoms with van der Waals surface area (Å²) >= 11 is 0. The number of methoxy groups -OCH3 is 1. The summed E-state index contributed by atoms with van der Waals surface area (Å²) in [7, 11) is 1.68. The van der Waals surface area contributed by atoms with Gasteiger partial charge in [-0.15, -0.1) is 0 Å². The third-order valence-electron chi connectivity index (χ3n) is 4.23. The molecular formula is C16H21FO3. The number of carboxylic acids is 1. The Morgan fingerprint density at radius 1 is 1.50 bits per heavy atom. The molecule has 1 fully saturated rings. The standard InChI is InChI=1S/C16H21FO3/c1-20-14-7-3-5-12(10-14)15(16(18)19)9-11-4-2-6-13(17)8-11/h2,4,6,8,12,14-15H,3,5,7,9-10H2,1H3,(H,18,19). The maximum Gasteiger partial charge on any atom is 0.307 e.